The van der Waals surface area contributed by atoms with Crippen LogP contribution in [0.1, 0.15) is 0 Å². The maximum atomic E-state index is 5.27. The molecule has 0 bridgehead atoms. The average Bonchev–Trinajstić information content (AvgIpc) is 2.74. The fourth-order valence-electron chi connectivity index (χ4n) is 1.68. The number of nitrogens with zero attached hydrogens (tertiary/aromatic N) is 1. The van der Waals surface area contributed by atoms with Crippen LogP contribution in [0, 0.1) is 6.07 Å². The molecule has 0 amide bonds. The molecule has 0 saturated heterocycles. The molecule has 2 aromatic rings. The number of hydrogen-bond acceptors (Lipinski definition) is 2. The second-order valence-electron chi connectivity index (χ2n) is 3.51. The van der Waals surface area contributed by atoms with Gasteiger partial charge in [-0.15, -0.1) is 0 Å². The van der Waals surface area contributed by atoms with E-state index in [9.17, 15) is 0 Å². The lowest BCUT2D eigenvalue weighted by molar-refractivity contribution is 0.355. The van der Waals surface area contributed by atoms with E-state index in [1.165, 1.54) is 0 Å². The Labute approximate surface area is 95.2 Å². The van der Waals surface area contributed by atoms with Gasteiger partial charge in [0.05, 0.1) is 14.2 Å². The highest BCUT2D eigenvalue weighted by Crippen LogP contribution is 2.31. The Hall–Kier alpha value is -1.90. The maximum absolute atomic E-state index is 5.27. The van der Waals surface area contributed by atoms with E-state index >= 15 is 0 Å². The van der Waals surface area contributed by atoms with Crippen LogP contribution >= 0.6 is 0 Å². The zero-order valence-corrected chi connectivity index (χ0v) is 9.65. The van der Waals surface area contributed by atoms with Gasteiger partial charge < -0.3 is 14.0 Å². The van der Waals surface area contributed by atoms with Gasteiger partial charge in [-0.3, -0.25) is 0 Å². The Morgan fingerprint density at radius 3 is 2.44 bits per heavy atom. The molecule has 0 fully saturated rings. The third-order valence-corrected chi connectivity index (χ3v) is 2.55. The number of hydrogen-bond donors (Lipinski definition) is 0. The lowest BCUT2D eigenvalue weighted by Crippen LogP contribution is -1.93. The number of ether oxygens (including phenoxy) is 2. The second kappa shape index (κ2) is 4.31. The van der Waals surface area contributed by atoms with Crippen molar-refractivity contribution in [2.24, 2.45) is 7.05 Å². The van der Waals surface area contributed by atoms with Crippen LogP contribution in [0.4, 0.5) is 0 Å². The number of aryl methyl sites for hydroxylation is 1. The minimum absolute atomic E-state index is 0.737. The van der Waals surface area contributed by atoms with Crippen LogP contribution in [-0.4, -0.2) is 18.8 Å². The summed E-state index contributed by atoms with van der Waals surface area (Å²) in [6.07, 6.45) is 1.89. The molecule has 2 rings (SSSR count). The molecule has 1 aromatic carbocycles. The molecule has 1 radical (unpaired) electrons. The maximum Gasteiger partial charge on any atom is 0.161 e. The highest BCUT2D eigenvalue weighted by atomic mass is 16.5. The summed E-state index contributed by atoms with van der Waals surface area (Å²) in [4.78, 5) is 0. The molecular formula is C13H14NO2. The molecule has 0 aliphatic heterocycles. The third kappa shape index (κ3) is 1.76. The van der Waals surface area contributed by atoms with Crippen LogP contribution in [0.3, 0.4) is 0 Å². The van der Waals surface area contributed by atoms with Gasteiger partial charge in [-0.25, -0.2) is 0 Å². The lowest BCUT2D eigenvalue weighted by atomic mass is 10.1. The van der Waals surface area contributed by atoms with Crippen LogP contribution < -0.4 is 9.47 Å². The summed E-state index contributed by atoms with van der Waals surface area (Å²) in [5.41, 5.74) is 2.18. The van der Waals surface area contributed by atoms with Crippen LogP contribution in [0.5, 0.6) is 11.5 Å². The van der Waals surface area contributed by atoms with Gasteiger partial charge in [0.15, 0.2) is 11.5 Å². The molecule has 1 aromatic heterocycles. The third-order valence-electron chi connectivity index (χ3n) is 2.55. The van der Waals surface area contributed by atoms with Gasteiger partial charge in [-0.1, -0.05) is 0 Å². The Morgan fingerprint density at radius 1 is 1.12 bits per heavy atom. The van der Waals surface area contributed by atoms with E-state index in [0.29, 0.717) is 0 Å². The fourth-order valence-corrected chi connectivity index (χ4v) is 1.68. The molecule has 0 unspecified atom stereocenters. The molecule has 3 heteroatoms. The minimum atomic E-state index is 0.737. The molecule has 3 nitrogen and oxygen atoms in total. The van der Waals surface area contributed by atoms with Crippen LogP contribution in [0.25, 0.3) is 11.3 Å². The molecule has 16 heavy (non-hydrogen) atoms. The highest BCUT2D eigenvalue weighted by molar-refractivity contribution is 5.64. The van der Waals surface area contributed by atoms with Crippen molar-refractivity contribution < 1.29 is 9.47 Å². The first-order chi connectivity index (χ1) is 7.76. The van der Waals surface area contributed by atoms with E-state index < -0.39 is 0 Å². The average molecular weight is 216 g/mol. The molecule has 1 heterocycles. The van der Waals surface area contributed by atoms with Crippen LogP contribution in [0.15, 0.2) is 30.5 Å². The van der Waals surface area contributed by atoms with Gasteiger partial charge in [0.25, 0.3) is 0 Å². The largest absolute Gasteiger partial charge is 0.493 e. The molecule has 0 atom stereocenters. The first-order valence-corrected chi connectivity index (χ1v) is 5.01. The Balaban J connectivity index is 2.48. The van der Waals surface area contributed by atoms with E-state index in [1.54, 1.807) is 14.2 Å². The monoisotopic (exact) mass is 216 g/mol. The summed E-state index contributed by atoms with van der Waals surface area (Å²) in [5.74, 6) is 1.48. The molecule has 0 N–H and O–H groups in total. The van der Waals surface area contributed by atoms with Gasteiger partial charge >= 0.3 is 0 Å². The molecular weight excluding hydrogens is 202 g/mol. The van der Waals surface area contributed by atoms with E-state index in [1.807, 2.05) is 42.1 Å². The van der Waals surface area contributed by atoms with Crippen LogP contribution in [-0.2, 0) is 7.05 Å². The predicted octanol–water partition coefficient (Wildman–Crippen LogP) is 2.51. The minimum Gasteiger partial charge on any atom is -0.493 e. The van der Waals surface area contributed by atoms with Gasteiger partial charge in [0.1, 0.15) is 0 Å². The van der Waals surface area contributed by atoms with Crippen molar-refractivity contribution in [3.8, 4) is 22.8 Å². The van der Waals surface area contributed by atoms with Gasteiger partial charge in [0, 0.05) is 30.6 Å². The normalized spacial score (nSPS) is 10.2. The zero-order valence-electron chi connectivity index (χ0n) is 9.65. The van der Waals surface area contributed by atoms with Crippen LogP contribution in [0.2, 0.25) is 0 Å². The van der Waals surface area contributed by atoms with Gasteiger partial charge in [-0.05, 0) is 24.3 Å². The van der Waals surface area contributed by atoms with E-state index in [4.69, 9.17) is 9.47 Å². The predicted molar refractivity (Wildman–Crippen MR) is 62.8 cm³/mol. The number of aromatic nitrogens is 1. The summed E-state index contributed by atoms with van der Waals surface area (Å²) < 4.78 is 12.5. The summed E-state index contributed by atoms with van der Waals surface area (Å²) in [6, 6.07) is 10.9. The van der Waals surface area contributed by atoms with E-state index in [0.717, 1.165) is 22.8 Å². The van der Waals surface area contributed by atoms with Gasteiger partial charge in [0.2, 0.25) is 0 Å². The Morgan fingerprint density at radius 2 is 1.88 bits per heavy atom. The van der Waals surface area contributed by atoms with Crippen molar-refractivity contribution in [2.45, 2.75) is 0 Å². The first-order valence-electron chi connectivity index (χ1n) is 5.01. The molecule has 83 valence electrons. The van der Waals surface area contributed by atoms with Crippen molar-refractivity contribution in [3.05, 3.63) is 36.5 Å². The lowest BCUT2D eigenvalue weighted by Gasteiger charge is -2.10. The summed E-state index contributed by atoms with van der Waals surface area (Å²) >= 11 is 0. The Bertz CT molecular complexity index is 488. The SMILES string of the molecule is COc1ccc(-c2c[c]cn2C)cc1OC. The number of methoxy groups -OCH3 is 2. The highest BCUT2D eigenvalue weighted by Gasteiger charge is 2.07. The zero-order chi connectivity index (χ0) is 11.5. The standard InChI is InChI=1S/C13H14NO2/c1-14-8-4-5-11(14)10-6-7-12(15-2)13(9-10)16-3/h5-9H,1-3H3. The Kier molecular flexibility index (Phi) is 2.86. The quantitative estimate of drug-likeness (QED) is 0.787. The molecule has 0 saturated carbocycles. The number of rotatable bonds is 3. The summed E-state index contributed by atoms with van der Waals surface area (Å²) in [7, 11) is 5.26. The molecule has 0 aliphatic carbocycles. The van der Waals surface area contributed by atoms with Gasteiger partial charge in [-0.2, -0.15) is 0 Å². The topological polar surface area (TPSA) is 23.4 Å². The van der Waals surface area contributed by atoms with Crippen molar-refractivity contribution in [1.82, 2.24) is 4.57 Å². The van der Waals surface area contributed by atoms with Crippen molar-refractivity contribution in [1.29, 1.82) is 0 Å². The summed E-state index contributed by atoms with van der Waals surface area (Å²) in [6.45, 7) is 0. The van der Waals surface area contributed by atoms with Crippen molar-refractivity contribution >= 4 is 0 Å². The summed E-state index contributed by atoms with van der Waals surface area (Å²) in [5, 5.41) is 0. The smallest absolute Gasteiger partial charge is 0.161 e. The first kappa shape index (κ1) is 10.6. The van der Waals surface area contributed by atoms with Crippen molar-refractivity contribution in [2.75, 3.05) is 14.2 Å². The van der Waals surface area contributed by atoms with E-state index in [2.05, 4.69) is 6.07 Å². The molecule has 0 aliphatic rings. The fraction of sp³-hybridized carbons (Fsp3) is 0.231. The number of benzene rings is 1. The van der Waals surface area contributed by atoms with E-state index in [-0.39, 0.29) is 0 Å². The molecule has 0 spiro atoms. The second-order valence-corrected chi connectivity index (χ2v) is 3.51. The van der Waals surface area contributed by atoms with Crippen molar-refractivity contribution in [3.63, 3.8) is 0 Å².